The highest BCUT2D eigenvalue weighted by molar-refractivity contribution is 5.99. The Kier molecular flexibility index (Phi) is 18.7. The van der Waals surface area contributed by atoms with Gasteiger partial charge in [0.2, 0.25) is 41.4 Å². The number of carbonyl (C=O) groups is 7. The number of carbonyl (C=O) groups excluding carboxylic acids is 7. The number of fused-ring (bicyclic) bond motifs is 4. The lowest BCUT2D eigenvalue weighted by atomic mass is 9.95. The summed E-state index contributed by atoms with van der Waals surface area (Å²) in [7, 11) is 4.50. The van der Waals surface area contributed by atoms with Gasteiger partial charge in [0.1, 0.15) is 42.3 Å². The highest BCUT2D eigenvalue weighted by Crippen LogP contribution is 2.30. The molecule has 7 atom stereocenters. The summed E-state index contributed by atoms with van der Waals surface area (Å²) in [4.78, 5) is 116. The van der Waals surface area contributed by atoms with Crippen LogP contribution in [-0.4, -0.2) is 141 Å². The maximum atomic E-state index is 15.4. The first-order valence-corrected chi connectivity index (χ1v) is 26.2. The molecule has 0 saturated carbocycles. The summed E-state index contributed by atoms with van der Waals surface area (Å²) in [5.74, 6) is -4.09. The third-order valence-electron chi connectivity index (χ3n) is 14.5. The summed E-state index contributed by atoms with van der Waals surface area (Å²) in [5, 5.41) is 13.4. The number of unbranched alkanes of at least 4 members (excludes halogenated alkanes) is 1. The molecular formula is C56H78N10O8. The Balaban J connectivity index is 1.48. The van der Waals surface area contributed by atoms with Gasteiger partial charge in [-0.15, -0.1) is 6.58 Å². The minimum absolute atomic E-state index is 0.0156. The van der Waals surface area contributed by atoms with Crippen LogP contribution in [0.1, 0.15) is 111 Å². The third-order valence-corrected chi connectivity index (χ3v) is 14.5. The number of hydrogen-bond acceptors (Lipinski definition) is 10. The molecule has 0 spiro atoms. The van der Waals surface area contributed by atoms with E-state index in [2.05, 4.69) is 42.4 Å². The van der Waals surface area contributed by atoms with E-state index in [-0.39, 0.29) is 56.5 Å². The van der Waals surface area contributed by atoms with Gasteiger partial charge in [0.25, 0.3) is 0 Å². The van der Waals surface area contributed by atoms with Crippen LogP contribution >= 0.6 is 0 Å². The molecule has 0 unspecified atom stereocenters. The maximum absolute atomic E-state index is 15.4. The molecule has 4 N–H and O–H groups in total. The molecule has 2 aromatic heterocycles. The first-order valence-electron chi connectivity index (χ1n) is 26.2. The Morgan fingerprint density at radius 3 is 2.12 bits per heavy atom. The molecule has 2 aliphatic rings. The zero-order valence-corrected chi connectivity index (χ0v) is 45.2. The lowest BCUT2D eigenvalue weighted by Crippen LogP contribution is -2.62. The molecule has 0 radical (unpaired) electrons. The van der Waals surface area contributed by atoms with Crippen LogP contribution in [0.3, 0.4) is 0 Å². The highest BCUT2D eigenvalue weighted by atomic mass is 16.5. The molecule has 2 saturated heterocycles. The number of allylic oxidation sites excluding steroid dienone is 1. The molecule has 2 aliphatic heterocycles. The Labute approximate surface area is 435 Å². The van der Waals surface area contributed by atoms with Crippen molar-refractivity contribution in [3.8, 4) is 6.01 Å². The maximum Gasteiger partial charge on any atom is 0.316 e. The molecule has 74 heavy (non-hydrogen) atoms. The predicted octanol–water partition coefficient (Wildman–Crippen LogP) is 5.20. The van der Waals surface area contributed by atoms with Crippen molar-refractivity contribution in [1.82, 2.24) is 50.5 Å². The highest BCUT2D eigenvalue weighted by Gasteiger charge is 2.43. The van der Waals surface area contributed by atoms with Gasteiger partial charge < -0.3 is 45.3 Å². The fourth-order valence-corrected chi connectivity index (χ4v) is 10.1. The lowest BCUT2D eigenvalue weighted by molar-refractivity contribution is -0.153. The average Bonchev–Trinajstić information content (AvgIpc) is 3.75. The number of methoxy groups -OCH3 is 1. The van der Waals surface area contributed by atoms with Crippen molar-refractivity contribution >= 4 is 63.2 Å². The molecule has 18 nitrogen and oxygen atoms in total. The van der Waals surface area contributed by atoms with Gasteiger partial charge in [0.15, 0.2) is 0 Å². The Morgan fingerprint density at radius 2 is 1.45 bits per heavy atom. The molecular weight excluding hydrogens is 941 g/mol. The van der Waals surface area contributed by atoms with E-state index in [4.69, 9.17) is 4.74 Å². The zero-order chi connectivity index (χ0) is 54.2. The van der Waals surface area contributed by atoms with E-state index in [0.29, 0.717) is 42.1 Å². The summed E-state index contributed by atoms with van der Waals surface area (Å²) in [6.45, 7) is 19.6. The van der Waals surface area contributed by atoms with E-state index < -0.39 is 89.2 Å². The quantitative estimate of drug-likeness (QED) is 0.121. The minimum atomic E-state index is -1.26. The SMILES string of the molecule is C=CC(C)(C)n1cc(C[C@@H]2NC(=O)[C@H](CCCC)NC(=O)[C@H](CC(C)C)N3CCC[C@@H](C3=O)N(C)C(=O)[C@H](C)NC(=O)[C@H](Cc3ccc4nc(OC)ncc4c3)NC(=O)[C@H](CC(C)C)N(C)C2=O)c2ccccc21. The number of para-hydroxylation sites is 1. The largest absolute Gasteiger partial charge is 0.467 e. The number of benzene rings is 2. The number of nitrogens with one attached hydrogen (secondary N) is 4. The minimum Gasteiger partial charge on any atom is -0.467 e. The van der Waals surface area contributed by atoms with Crippen LogP contribution < -0.4 is 26.0 Å². The van der Waals surface area contributed by atoms with Crippen LogP contribution in [0, 0.1) is 11.8 Å². The predicted molar refractivity (Wildman–Crippen MR) is 285 cm³/mol. The molecule has 7 amide bonds. The second kappa shape index (κ2) is 24.5. The van der Waals surface area contributed by atoms with E-state index in [0.717, 1.165) is 16.5 Å². The van der Waals surface area contributed by atoms with Crippen LogP contribution in [0.15, 0.2) is 67.5 Å². The summed E-state index contributed by atoms with van der Waals surface area (Å²) in [6.07, 6.45) is 8.19. The van der Waals surface area contributed by atoms with Gasteiger partial charge in [-0.2, -0.15) is 4.98 Å². The molecule has 4 heterocycles. The van der Waals surface area contributed by atoms with E-state index in [9.17, 15) is 28.8 Å². The second-order valence-corrected chi connectivity index (χ2v) is 21.5. The van der Waals surface area contributed by atoms with Gasteiger partial charge in [-0.05, 0) is 94.0 Å². The Bertz CT molecular complexity index is 2720. The van der Waals surface area contributed by atoms with E-state index in [1.807, 2.05) is 85.0 Å². The molecule has 0 aliphatic carbocycles. The van der Waals surface area contributed by atoms with Gasteiger partial charge in [-0.3, -0.25) is 33.6 Å². The van der Waals surface area contributed by atoms with Crippen LogP contribution in [-0.2, 0) is 51.9 Å². The number of aromatic nitrogens is 3. The number of hydrogen-bond donors (Lipinski definition) is 4. The fourth-order valence-electron chi connectivity index (χ4n) is 10.1. The molecule has 18 heteroatoms. The van der Waals surface area contributed by atoms with Crippen LogP contribution in [0.2, 0.25) is 0 Å². The normalized spacial score (nSPS) is 23.4. The number of amides is 7. The van der Waals surface area contributed by atoms with E-state index >= 15 is 4.79 Å². The van der Waals surface area contributed by atoms with Crippen LogP contribution in [0.25, 0.3) is 21.8 Å². The van der Waals surface area contributed by atoms with Gasteiger partial charge in [-0.25, -0.2) is 4.98 Å². The van der Waals surface area contributed by atoms with Crippen molar-refractivity contribution in [3.05, 3.63) is 78.6 Å². The van der Waals surface area contributed by atoms with Gasteiger partial charge in [0, 0.05) is 62.2 Å². The molecule has 2 aromatic carbocycles. The van der Waals surface area contributed by atoms with Crippen molar-refractivity contribution in [2.24, 2.45) is 11.8 Å². The van der Waals surface area contributed by atoms with Crippen LogP contribution in [0.5, 0.6) is 6.01 Å². The van der Waals surface area contributed by atoms with Gasteiger partial charge in [-0.1, -0.05) is 77.8 Å². The van der Waals surface area contributed by atoms with Crippen molar-refractivity contribution in [2.45, 2.75) is 161 Å². The monoisotopic (exact) mass is 1020 g/mol. The Hall–Kier alpha value is -6.85. The number of likely N-dealkylation sites (N-methyl/N-ethyl adjacent to an activating group) is 2. The van der Waals surface area contributed by atoms with Crippen molar-refractivity contribution < 1.29 is 38.3 Å². The van der Waals surface area contributed by atoms with E-state index in [1.165, 1.54) is 42.8 Å². The third kappa shape index (κ3) is 13.1. The smallest absolute Gasteiger partial charge is 0.316 e. The van der Waals surface area contributed by atoms with Gasteiger partial charge in [0.05, 0.1) is 18.2 Å². The standard InChI is InChI=1S/C56H78N10O8/c1-13-15-20-41-48(67)61-43(30-38-32-66(56(8,9)14-2)44-21-17-16-19-39(38)44)53(72)64(11)46(26-33(3)4)50(69)60-42(29-36-23-24-40-37(28-36)31-57-55(62-40)74-12)49(68)58-35(7)52(71)63(10)45-22-18-25-65(54(45)73)47(27-34(5)6)51(70)59-41/h14,16-17,19,21,23-24,28,31-35,41-43,45-47H,2,13,15,18,20,22,25-27,29-30H2,1,3-12H3,(H,58,68)(H,59,70)(H,60,69)(H,61,67)/t35-,41-,42-,43-,45-,46-,47-/m0/s1. The first kappa shape index (κ1) is 56.4. The Morgan fingerprint density at radius 1 is 0.797 bits per heavy atom. The molecule has 2 bridgehead atoms. The molecule has 6 rings (SSSR count). The summed E-state index contributed by atoms with van der Waals surface area (Å²) < 4.78 is 7.29. The van der Waals surface area contributed by atoms with Gasteiger partial charge >= 0.3 is 6.01 Å². The van der Waals surface area contributed by atoms with E-state index in [1.54, 1.807) is 24.4 Å². The lowest BCUT2D eigenvalue weighted by Gasteiger charge is -2.41. The average molecular weight is 1020 g/mol. The second-order valence-electron chi connectivity index (χ2n) is 21.5. The fraction of sp³-hybridized carbons (Fsp3) is 0.554. The number of ether oxygens (including phenoxy) is 1. The van der Waals surface area contributed by atoms with Crippen molar-refractivity contribution in [1.29, 1.82) is 0 Å². The summed E-state index contributed by atoms with van der Waals surface area (Å²) in [5.41, 5.74) is 2.35. The topological polar surface area (TPSA) is 217 Å². The first-order chi connectivity index (χ1) is 35.1. The molecule has 400 valence electrons. The van der Waals surface area contributed by atoms with Crippen molar-refractivity contribution in [2.75, 3.05) is 27.7 Å². The molecule has 2 fully saturated rings. The van der Waals surface area contributed by atoms with Crippen LogP contribution in [0.4, 0.5) is 0 Å². The number of nitrogens with zero attached hydrogens (tertiary/aromatic N) is 6. The molecule has 4 aromatic rings. The van der Waals surface area contributed by atoms with Crippen molar-refractivity contribution in [3.63, 3.8) is 0 Å². The summed E-state index contributed by atoms with van der Waals surface area (Å²) >= 11 is 0. The number of rotatable bonds is 14. The number of piperidine rings is 1. The zero-order valence-electron chi connectivity index (χ0n) is 45.2. The summed E-state index contributed by atoms with van der Waals surface area (Å²) in [6, 6.07) is 5.51.